The van der Waals surface area contributed by atoms with Crippen molar-refractivity contribution < 1.29 is 39.5 Å². The Balaban J connectivity index is 2.01. The molecule has 4 rings (SSSR count). The fourth-order valence-electron chi connectivity index (χ4n) is 4.26. The summed E-state index contributed by atoms with van der Waals surface area (Å²) < 4.78 is 4.54. The maximum absolute atomic E-state index is 13.2. The molecule has 0 aliphatic heterocycles. The molecule has 2 aliphatic rings. The lowest BCUT2D eigenvalue weighted by Crippen LogP contribution is -2.46. The maximum atomic E-state index is 13.2. The van der Waals surface area contributed by atoms with E-state index in [-0.39, 0.29) is 45.6 Å². The van der Waals surface area contributed by atoms with E-state index >= 15 is 0 Å². The monoisotopic (exact) mass is 524 g/mol. The molecule has 0 saturated heterocycles. The summed E-state index contributed by atoms with van der Waals surface area (Å²) in [5.41, 5.74) is -2.45. The Kier molecular flexibility index (Phi) is 4.87. The fraction of sp³-hybridized carbons (Fsp3) is 0.286. The maximum Gasteiger partial charge on any atom is 0.202 e. The number of ether oxygens (including phenoxy) is 1. The number of ketones is 3. The molecular weight excluding hydrogens is 507 g/mol. The Morgan fingerprint density at radius 2 is 1.83 bits per heavy atom. The van der Waals surface area contributed by atoms with E-state index in [2.05, 4.69) is 0 Å². The van der Waals surface area contributed by atoms with Gasteiger partial charge >= 0.3 is 0 Å². The van der Waals surface area contributed by atoms with Crippen LogP contribution in [0.5, 0.6) is 17.2 Å². The van der Waals surface area contributed by atoms with Crippen LogP contribution >= 0.6 is 22.6 Å². The van der Waals surface area contributed by atoms with Crippen LogP contribution in [0.15, 0.2) is 18.2 Å². The first-order chi connectivity index (χ1) is 14.2. The van der Waals surface area contributed by atoms with Gasteiger partial charge in [0.05, 0.1) is 23.8 Å². The van der Waals surface area contributed by atoms with Gasteiger partial charge in [-0.1, -0.05) is 34.7 Å². The van der Waals surface area contributed by atoms with Crippen LogP contribution in [0.2, 0.25) is 0 Å². The van der Waals surface area contributed by atoms with Crippen molar-refractivity contribution >= 4 is 39.9 Å². The summed E-state index contributed by atoms with van der Waals surface area (Å²) in [7, 11) is 1.35. The van der Waals surface area contributed by atoms with Crippen LogP contribution in [-0.2, 0) is 11.2 Å². The summed E-state index contributed by atoms with van der Waals surface area (Å²) in [6.07, 6.45) is -0.534. The Morgan fingerprint density at radius 3 is 2.47 bits per heavy atom. The second-order valence-corrected chi connectivity index (χ2v) is 8.85. The number of aromatic hydroxyl groups is 2. The summed E-state index contributed by atoms with van der Waals surface area (Å²) in [5.74, 6) is -3.03. The Bertz CT molecular complexity index is 1140. The van der Waals surface area contributed by atoms with E-state index in [9.17, 15) is 34.8 Å². The number of hydrogen-bond donors (Lipinski definition) is 4. The summed E-state index contributed by atoms with van der Waals surface area (Å²) in [4.78, 5) is 38.5. The molecule has 30 heavy (non-hydrogen) atoms. The minimum Gasteiger partial charge on any atom is -0.507 e. The molecule has 8 nitrogen and oxygen atoms in total. The summed E-state index contributed by atoms with van der Waals surface area (Å²) in [6.45, 7) is -0.891. The molecule has 0 heterocycles. The normalized spacial score (nSPS) is 22.2. The number of rotatable bonds is 3. The van der Waals surface area contributed by atoms with Crippen LogP contribution in [-0.4, -0.2) is 57.1 Å². The minimum atomic E-state index is -1.96. The van der Waals surface area contributed by atoms with E-state index in [0.29, 0.717) is 0 Å². The van der Waals surface area contributed by atoms with Crippen molar-refractivity contribution in [1.82, 2.24) is 0 Å². The first kappa shape index (κ1) is 20.8. The van der Waals surface area contributed by atoms with Gasteiger partial charge in [-0.2, -0.15) is 0 Å². The summed E-state index contributed by atoms with van der Waals surface area (Å²) in [5, 5.41) is 41.9. The first-order valence-corrected chi connectivity index (χ1v) is 10.3. The van der Waals surface area contributed by atoms with Crippen molar-refractivity contribution in [3.05, 3.63) is 51.6 Å². The van der Waals surface area contributed by atoms with Crippen molar-refractivity contribution in [2.24, 2.45) is 0 Å². The SMILES string of the molecule is COc1cccc2c1C(=O)c1c(O)c3c(c(O)c1C2=O)C[C@@](O)(C(=O)CO)CC3I. The Hall–Kier alpha value is -2.50. The molecule has 2 aromatic carbocycles. The number of hydrogen-bond acceptors (Lipinski definition) is 8. The Labute approximate surface area is 184 Å². The number of carbonyl (C=O) groups is 3. The number of phenolic OH excluding ortho intramolecular Hbond substituents is 2. The van der Waals surface area contributed by atoms with Gasteiger partial charge in [0.2, 0.25) is 5.78 Å². The molecule has 4 N–H and O–H groups in total. The third kappa shape index (κ3) is 2.69. The topological polar surface area (TPSA) is 141 Å². The zero-order chi connectivity index (χ0) is 22.0. The van der Waals surface area contributed by atoms with Crippen LogP contribution in [0.4, 0.5) is 0 Å². The number of carbonyl (C=O) groups excluding carboxylic acids is 3. The molecule has 9 heteroatoms. The molecule has 0 saturated carbocycles. The number of methoxy groups -OCH3 is 1. The average Bonchev–Trinajstić information content (AvgIpc) is 2.72. The molecule has 0 aromatic heterocycles. The number of alkyl halides is 1. The third-order valence-corrected chi connectivity index (χ3v) is 6.79. The summed E-state index contributed by atoms with van der Waals surface area (Å²) >= 11 is 1.88. The minimum absolute atomic E-state index is 0.0000640. The molecule has 0 fully saturated rings. The predicted octanol–water partition coefficient (Wildman–Crippen LogP) is 1.60. The van der Waals surface area contributed by atoms with Crippen molar-refractivity contribution in [2.45, 2.75) is 22.4 Å². The second-order valence-electron chi connectivity index (χ2n) is 7.34. The number of fused-ring (bicyclic) bond motifs is 3. The molecule has 0 radical (unpaired) electrons. The molecule has 156 valence electrons. The lowest BCUT2D eigenvalue weighted by molar-refractivity contribution is -0.141. The van der Waals surface area contributed by atoms with Crippen LogP contribution in [0.3, 0.4) is 0 Å². The van der Waals surface area contributed by atoms with Crippen molar-refractivity contribution in [3.63, 3.8) is 0 Å². The van der Waals surface area contributed by atoms with Crippen LogP contribution < -0.4 is 4.74 Å². The molecule has 2 atom stereocenters. The van der Waals surface area contributed by atoms with Gasteiger partial charge in [-0.05, 0) is 12.5 Å². The van der Waals surface area contributed by atoms with Gasteiger partial charge in [0, 0.05) is 27.0 Å². The van der Waals surface area contributed by atoms with E-state index in [1.165, 1.54) is 25.3 Å². The highest BCUT2D eigenvalue weighted by Crippen LogP contribution is 2.53. The van der Waals surface area contributed by atoms with Crippen LogP contribution in [0.1, 0.15) is 53.3 Å². The first-order valence-electron chi connectivity index (χ1n) is 9.04. The zero-order valence-electron chi connectivity index (χ0n) is 15.7. The lowest BCUT2D eigenvalue weighted by atomic mass is 9.73. The average molecular weight is 524 g/mol. The number of aliphatic hydroxyl groups excluding tert-OH is 1. The highest BCUT2D eigenvalue weighted by molar-refractivity contribution is 14.1. The molecular formula is C21H17IO8. The van der Waals surface area contributed by atoms with Gasteiger partial charge in [-0.25, -0.2) is 0 Å². The predicted molar refractivity (Wildman–Crippen MR) is 112 cm³/mol. The number of phenols is 2. The fourth-order valence-corrected chi connectivity index (χ4v) is 5.66. The zero-order valence-corrected chi connectivity index (χ0v) is 17.9. The van der Waals surface area contributed by atoms with Gasteiger partial charge < -0.3 is 25.2 Å². The molecule has 2 aliphatic carbocycles. The largest absolute Gasteiger partial charge is 0.507 e. The van der Waals surface area contributed by atoms with Crippen molar-refractivity contribution in [3.8, 4) is 17.2 Å². The van der Waals surface area contributed by atoms with Gasteiger partial charge in [0.25, 0.3) is 0 Å². The molecule has 1 unspecified atom stereocenters. The molecule has 0 spiro atoms. The lowest BCUT2D eigenvalue weighted by Gasteiger charge is -2.36. The van der Waals surface area contributed by atoms with Crippen LogP contribution in [0.25, 0.3) is 0 Å². The third-order valence-electron chi connectivity index (χ3n) is 5.72. The molecule has 0 amide bonds. The number of aliphatic hydroxyl groups is 2. The van der Waals surface area contributed by atoms with Gasteiger partial charge in [-0.3, -0.25) is 14.4 Å². The Morgan fingerprint density at radius 1 is 1.17 bits per heavy atom. The van der Waals surface area contributed by atoms with Gasteiger partial charge in [-0.15, -0.1) is 0 Å². The molecule has 0 bridgehead atoms. The van der Waals surface area contributed by atoms with E-state index in [1.807, 2.05) is 22.6 Å². The quantitative estimate of drug-likeness (QED) is 0.230. The van der Waals surface area contributed by atoms with Gasteiger partial charge in [0.15, 0.2) is 11.6 Å². The van der Waals surface area contributed by atoms with Crippen LogP contribution in [0, 0.1) is 0 Å². The second kappa shape index (κ2) is 7.03. The molecule has 2 aromatic rings. The van der Waals surface area contributed by atoms with E-state index in [0.717, 1.165) is 0 Å². The standard InChI is InChI=1S/C21H17IO8/c1-30-11-4-2-3-8-14(11)20(28)16-15(17(8)25)18(26)9-5-21(29,12(24)7-23)6-10(22)13(9)19(16)27/h2-4,10,23,26-27,29H,5-7H2,1H3/t10?,21-/m0/s1. The highest BCUT2D eigenvalue weighted by atomic mass is 127. The number of halogens is 1. The van der Waals surface area contributed by atoms with E-state index in [1.54, 1.807) is 0 Å². The van der Waals surface area contributed by atoms with E-state index in [4.69, 9.17) is 4.74 Å². The number of benzene rings is 2. The smallest absolute Gasteiger partial charge is 0.202 e. The summed E-state index contributed by atoms with van der Waals surface area (Å²) in [6, 6.07) is 4.47. The highest BCUT2D eigenvalue weighted by Gasteiger charge is 2.47. The van der Waals surface area contributed by atoms with E-state index < -0.39 is 51.4 Å². The van der Waals surface area contributed by atoms with Gasteiger partial charge in [0.1, 0.15) is 29.5 Å². The van der Waals surface area contributed by atoms with Crippen molar-refractivity contribution in [2.75, 3.05) is 13.7 Å². The van der Waals surface area contributed by atoms with Crippen molar-refractivity contribution in [1.29, 1.82) is 0 Å². The number of Topliss-reactive ketones (excluding diaryl/α,β-unsaturated/α-hetero) is 1.